The molecule has 0 spiro atoms. The van der Waals surface area contributed by atoms with E-state index in [1.165, 1.54) is 17.8 Å². The monoisotopic (exact) mass is 324 g/mol. The number of hydrogen-bond donors (Lipinski definition) is 2. The molecule has 0 bridgehead atoms. The lowest BCUT2D eigenvalue weighted by Gasteiger charge is -2.20. The summed E-state index contributed by atoms with van der Waals surface area (Å²) >= 11 is 1.46. The largest absolute Gasteiger partial charge is 0.381 e. The van der Waals surface area contributed by atoms with Gasteiger partial charge in [-0.15, -0.1) is 0 Å². The van der Waals surface area contributed by atoms with Crippen LogP contribution < -0.4 is 11.1 Å². The van der Waals surface area contributed by atoms with Gasteiger partial charge in [0.1, 0.15) is 0 Å². The number of nitrogens with zero attached hydrogens (tertiary/aromatic N) is 4. The van der Waals surface area contributed by atoms with Crippen LogP contribution in [0.15, 0.2) is 24.5 Å². The number of aromatic nitrogens is 3. The number of thiophene rings is 1. The molecule has 1 aliphatic heterocycles. The fraction of sp³-hybridized carbons (Fsp3) is 0.312. The van der Waals surface area contributed by atoms with Gasteiger partial charge >= 0.3 is 0 Å². The molecule has 1 aliphatic rings. The highest BCUT2D eigenvalue weighted by molar-refractivity contribution is 7.19. The molecule has 3 aromatic heterocycles. The molecule has 3 aromatic rings. The maximum Gasteiger partial charge on any atom is 0.241 e. The average Bonchev–Trinajstić information content (AvgIpc) is 3.23. The first-order valence-electron chi connectivity index (χ1n) is 7.58. The molecule has 3 N–H and O–H groups in total. The Balaban J connectivity index is 1.84. The average molecular weight is 324 g/mol. The number of rotatable bonds is 2. The van der Waals surface area contributed by atoms with Crippen LogP contribution >= 0.6 is 11.3 Å². The van der Waals surface area contributed by atoms with Crippen molar-refractivity contribution in [2.75, 3.05) is 18.8 Å². The minimum absolute atomic E-state index is 0.415. The van der Waals surface area contributed by atoms with Gasteiger partial charge < -0.3 is 11.1 Å². The van der Waals surface area contributed by atoms with Crippen LogP contribution in [0.4, 0.5) is 10.8 Å². The first kappa shape index (κ1) is 14.2. The Labute approximate surface area is 137 Å². The number of hydrogen-bond acceptors (Lipinski definition) is 5. The lowest BCUT2D eigenvalue weighted by molar-refractivity contribution is 0.456. The summed E-state index contributed by atoms with van der Waals surface area (Å²) in [5, 5.41) is 4.09. The lowest BCUT2D eigenvalue weighted by Crippen LogP contribution is -2.28. The van der Waals surface area contributed by atoms with E-state index < -0.39 is 0 Å². The summed E-state index contributed by atoms with van der Waals surface area (Å²) in [7, 11) is 0. The summed E-state index contributed by atoms with van der Waals surface area (Å²) in [4.78, 5) is 13.5. The van der Waals surface area contributed by atoms with Crippen molar-refractivity contribution >= 4 is 27.8 Å². The van der Waals surface area contributed by atoms with E-state index in [1.807, 2.05) is 16.5 Å². The number of fused-ring (bicyclic) bond motifs is 1. The van der Waals surface area contributed by atoms with Gasteiger partial charge in [0.15, 0.2) is 11.5 Å². The highest BCUT2D eigenvalue weighted by Gasteiger charge is 2.20. The second kappa shape index (κ2) is 5.65. The normalized spacial score (nSPS) is 18.1. The molecule has 4 heterocycles. The second-order valence-electron chi connectivity index (χ2n) is 5.68. The fourth-order valence-corrected chi connectivity index (χ4v) is 3.82. The Morgan fingerprint density at radius 3 is 3.09 bits per heavy atom. The van der Waals surface area contributed by atoms with E-state index in [0.717, 1.165) is 35.8 Å². The maximum absolute atomic E-state index is 7.13. The summed E-state index contributed by atoms with van der Waals surface area (Å²) in [6, 6.07) is 3.78. The molecule has 0 aromatic carbocycles. The van der Waals surface area contributed by atoms with Gasteiger partial charge in [-0.3, -0.25) is 4.40 Å². The third-order valence-corrected chi connectivity index (χ3v) is 5.21. The summed E-state index contributed by atoms with van der Waals surface area (Å²) in [6.07, 6.45) is 6.13. The van der Waals surface area contributed by atoms with Crippen molar-refractivity contribution in [2.45, 2.75) is 18.8 Å². The van der Waals surface area contributed by atoms with E-state index >= 15 is 0 Å². The van der Waals surface area contributed by atoms with Crippen LogP contribution in [-0.4, -0.2) is 27.5 Å². The van der Waals surface area contributed by atoms with Crippen molar-refractivity contribution in [3.8, 4) is 10.6 Å². The molecular weight excluding hydrogens is 308 g/mol. The Morgan fingerprint density at radius 1 is 1.43 bits per heavy atom. The molecule has 7 heteroatoms. The molecular formula is C16H16N6S. The van der Waals surface area contributed by atoms with Crippen LogP contribution in [-0.2, 0) is 0 Å². The van der Waals surface area contributed by atoms with E-state index in [0.29, 0.717) is 22.4 Å². The van der Waals surface area contributed by atoms with Gasteiger partial charge in [-0.05, 0) is 25.5 Å². The van der Waals surface area contributed by atoms with Crippen molar-refractivity contribution in [1.82, 2.24) is 19.7 Å². The second-order valence-corrected chi connectivity index (χ2v) is 6.74. The van der Waals surface area contributed by atoms with Gasteiger partial charge in [-0.25, -0.2) is 14.8 Å². The summed E-state index contributed by atoms with van der Waals surface area (Å²) in [6.45, 7) is 9.16. The predicted molar refractivity (Wildman–Crippen MR) is 91.8 cm³/mol. The molecule has 23 heavy (non-hydrogen) atoms. The van der Waals surface area contributed by atoms with E-state index in [-0.39, 0.29) is 0 Å². The number of nitrogens with one attached hydrogen (secondary N) is 1. The molecule has 1 unspecified atom stereocenters. The van der Waals surface area contributed by atoms with Crippen molar-refractivity contribution < 1.29 is 0 Å². The van der Waals surface area contributed by atoms with Crippen LogP contribution in [0.5, 0.6) is 0 Å². The first-order valence-corrected chi connectivity index (χ1v) is 8.40. The fourth-order valence-electron chi connectivity index (χ4n) is 3.02. The molecule has 116 valence electrons. The van der Waals surface area contributed by atoms with Gasteiger partial charge in [0.05, 0.1) is 24.2 Å². The molecule has 6 nitrogen and oxygen atoms in total. The third-order valence-electron chi connectivity index (χ3n) is 4.21. The van der Waals surface area contributed by atoms with Crippen molar-refractivity contribution in [3.63, 3.8) is 0 Å². The van der Waals surface area contributed by atoms with Crippen LogP contribution in [0.25, 0.3) is 21.1 Å². The Bertz CT molecular complexity index is 897. The van der Waals surface area contributed by atoms with Crippen LogP contribution in [0, 0.1) is 6.57 Å². The highest BCUT2D eigenvalue weighted by atomic mass is 32.1. The third kappa shape index (κ3) is 2.46. The standard InChI is InChI=1S/C16H16N6S/c1-18-14-5-4-13(23-14)12-8-20-15(17)16-21-11(9-22(12)16)10-3-2-6-19-7-10/h4-5,8-10,19H,2-3,6-7H2,(H2,17,20). The molecule has 0 saturated carbocycles. The molecule has 0 aliphatic carbocycles. The summed E-state index contributed by atoms with van der Waals surface area (Å²) < 4.78 is 2.01. The zero-order valence-corrected chi connectivity index (χ0v) is 13.3. The van der Waals surface area contributed by atoms with Gasteiger partial charge in [0.2, 0.25) is 5.00 Å². The molecule has 1 fully saturated rings. The quantitative estimate of drug-likeness (QED) is 0.711. The number of imidazole rings is 1. The maximum atomic E-state index is 7.13. The molecule has 0 radical (unpaired) electrons. The smallest absolute Gasteiger partial charge is 0.241 e. The Hall–Kier alpha value is -2.43. The Kier molecular flexibility index (Phi) is 3.48. The highest BCUT2D eigenvalue weighted by Crippen LogP contribution is 2.34. The van der Waals surface area contributed by atoms with Gasteiger partial charge in [0.25, 0.3) is 0 Å². The number of nitrogens with two attached hydrogens (primary N) is 1. The van der Waals surface area contributed by atoms with Gasteiger partial charge in [-0.1, -0.05) is 6.07 Å². The zero-order valence-electron chi connectivity index (χ0n) is 12.5. The number of piperidine rings is 1. The predicted octanol–water partition coefficient (Wildman–Crippen LogP) is 3.06. The van der Waals surface area contributed by atoms with E-state index in [2.05, 4.69) is 21.3 Å². The van der Waals surface area contributed by atoms with E-state index in [4.69, 9.17) is 17.3 Å². The molecule has 1 atom stereocenters. The van der Waals surface area contributed by atoms with Crippen LogP contribution in [0.1, 0.15) is 24.5 Å². The number of nitrogen functional groups attached to an aromatic ring is 1. The molecule has 0 amide bonds. The van der Waals surface area contributed by atoms with E-state index in [9.17, 15) is 0 Å². The van der Waals surface area contributed by atoms with Crippen LogP contribution in [0.2, 0.25) is 0 Å². The van der Waals surface area contributed by atoms with Gasteiger partial charge in [-0.2, -0.15) is 11.3 Å². The SMILES string of the molecule is [C-]#[N+]c1ccc(-c2cnc(N)c3nc(C4CCCNC4)cn23)s1. The van der Waals surface area contributed by atoms with Crippen molar-refractivity contribution in [2.24, 2.45) is 0 Å². The van der Waals surface area contributed by atoms with Crippen molar-refractivity contribution in [1.29, 1.82) is 0 Å². The number of anilines is 1. The van der Waals surface area contributed by atoms with E-state index in [1.54, 1.807) is 6.20 Å². The minimum atomic E-state index is 0.415. The van der Waals surface area contributed by atoms with Gasteiger partial charge in [0, 0.05) is 23.5 Å². The first-order chi connectivity index (χ1) is 11.3. The minimum Gasteiger partial charge on any atom is -0.381 e. The topological polar surface area (TPSA) is 72.6 Å². The molecule has 4 rings (SSSR count). The van der Waals surface area contributed by atoms with Crippen LogP contribution in [0.3, 0.4) is 0 Å². The molecule has 1 saturated heterocycles. The zero-order chi connectivity index (χ0) is 15.8. The summed E-state index contributed by atoms with van der Waals surface area (Å²) in [5.74, 6) is 0.851. The lowest BCUT2D eigenvalue weighted by atomic mass is 9.97. The van der Waals surface area contributed by atoms with Crippen molar-refractivity contribution in [3.05, 3.63) is 41.6 Å². The Morgan fingerprint density at radius 2 is 2.35 bits per heavy atom. The summed E-state index contributed by atoms with van der Waals surface area (Å²) in [5.41, 5.74) is 8.70.